The van der Waals surface area contributed by atoms with Crippen molar-refractivity contribution in [2.24, 2.45) is 0 Å². The molecule has 0 fully saturated rings. The molecule has 1 aliphatic rings. The first-order chi connectivity index (χ1) is 7.72. The van der Waals surface area contributed by atoms with Gasteiger partial charge in [0.1, 0.15) is 0 Å². The van der Waals surface area contributed by atoms with Crippen molar-refractivity contribution in [3.05, 3.63) is 23.8 Å². The minimum atomic E-state index is 0.116. The van der Waals surface area contributed by atoms with E-state index in [1.165, 1.54) is 0 Å². The average Bonchev–Trinajstić information content (AvgIpc) is 2.68. The van der Waals surface area contributed by atoms with Crippen LogP contribution in [0.1, 0.15) is 12.0 Å². The van der Waals surface area contributed by atoms with E-state index >= 15 is 0 Å². The molecular formula is C12H16N2O2. The van der Waals surface area contributed by atoms with E-state index in [1.54, 1.807) is 7.11 Å². The summed E-state index contributed by atoms with van der Waals surface area (Å²) < 4.78 is 4.91. The lowest BCUT2D eigenvalue weighted by Crippen LogP contribution is -2.29. The number of nitrogen functional groups attached to an aromatic ring is 1. The maximum atomic E-state index is 11.9. The standard InChI is InChI=1S/C12H16N2O2/c1-16-7-5-12(15)14-6-4-9-8-10(13)2-3-11(9)14/h2-3,8H,4-7,13H2,1H3. The molecule has 1 amide bonds. The fourth-order valence-electron chi connectivity index (χ4n) is 2.01. The predicted octanol–water partition coefficient (Wildman–Crippen LogP) is 1.19. The van der Waals surface area contributed by atoms with Crippen molar-refractivity contribution in [2.45, 2.75) is 12.8 Å². The summed E-state index contributed by atoms with van der Waals surface area (Å²) in [4.78, 5) is 13.7. The molecule has 0 aliphatic carbocycles. The summed E-state index contributed by atoms with van der Waals surface area (Å²) >= 11 is 0. The zero-order valence-electron chi connectivity index (χ0n) is 9.40. The number of ether oxygens (including phenoxy) is 1. The highest BCUT2D eigenvalue weighted by molar-refractivity contribution is 5.95. The van der Waals surface area contributed by atoms with Crippen LogP contribution >= 0.6 is 0 Å². The summed E-state index contributed by atoms with van der Waals surface area (Å²) in [7, 11) is 1.60. The number of carbonyl (C=O) groups excluding carboxylic acids is 1. The van der Waals surface area contributed by atoms with E-state index in [4.69, 9.17) is 10.5 Å². The van der Waals surface area contributed by atoms with Crippen molar-refractivity contribution >= 4 is 17.3 Å². The van der Waals surface area contributed by atoms with E-state index in [1.807, 2.05) is 23.1 Å². The number of amides is 1. The Morgan fingerprint density at radius 1 is 1.56 bits per heavy atom. The van der Waals surface area contributed by atoms with Crippen LogP contribution in [-0.4, -0.2) is 26.2 Å². The van der Waals surface area contributed by atoms with Gasteiger partial charge in [-0.25, -0.2) is 0 Å². The topological polar surface area (TPSA) is 55.6 Å². The maximum absolute atomic E-state index is 11.9. The van der Waals surface area contributed by atoms with Gasteiger partial charge in [0.25, 0.3) is 0 Å². The molecule has 2 rings (SSSR count). The van der Waals surface area contributed by atoms with Crippen molar-refractivity contribution < 1.29 is 9.53 Å². The number of nitrogens with two attached hydrogens (primary N) is 1. The molecule has 1 heterocycles. The first-order valence-corrected chi connectivity index (χ1v) is 5.40. The van der Waals surface area contributed by atoms with Crippen LogP contribution in [0.4, 0.5) is 11.4 Å². The highest BCUT2D eigenvalue weighted by atomic mass is 16.5. The normalized spacial score (nSPS) is 13.9. The molecule has 1 aliphatic heterocycles. The van der Waals surface area contributed by atoms with Crippen LogP contribution in [0, 0.1) is 0 Å². The summed E-state index contributed by atoms with van der Waals surface area (Å²) in [5.41, 5.74) is 8.62. The van der Waals surface area contributed by atoms with Crippen LogP contribution in [0.5, 0.6) is 0 Å². The number of hydrogen-bond acceptors (Lipinski definition) is 3. The number of nitrogens with zero attached hydrogens (tertiary/aromatic N) is 1. The Balaban J connectivity index is 2.14. The minimum absolute atomic E-state index is 0.116. The van der Waals surface area contributed by atoms with Crippen LogP contribution in [0.15, 0.2) is 18.2 Å². The number of hydrogen-bond donors (Lipinski definition) is 1. The van der Waals surface area contributed by atoms with E-state index in [2.05, 4.69) is 0 Å². The van der Waals surface area contributed by atoms with Crippen LogP contribution in [-0.2, 0) is 16.0 Å². The molecule has 0 bridgehead atoms. The first kappa shape index (κ1) is 11.0. The van der Waals surface area contributed by atoms with Gasteiger partial charge in [-0.2, -0.15) is 0 Å². The molecule has 2 N–H and O–H groups in total. The lowest BCUT2D eigenvalue weighted by Gasteiger charge is -2.17. The minimum Gasteiger partial charge on any atom is -0.399 e. The molecule has 1 aromatic rings. The molecule has 16 heavy (non-hydrogen) atoms. The molecule has 0 spiro atoms. The Hall–Kier alpha value is -1.55. The van der Waals surface area contributed by atoms with Gasteiger partial charge < -0.3 is 15.4 Å². The molecule has 0 aromatic heterocycles. The quantitative estimate of drug-likeness (QED) is 0.778. The third kappa shape index (κ3) is 2.02. The smallest absolute Gasteiger partial charge is 0.229 e. The van der Waals surface area contributed by atoms with E-state index in [9.17, 15) is 4.79 Å². The fraction of sp³-hybridized carbons (Fsp3) is 0.417. The summed E-state index contributed by atoms with van der Waals surface area (Å²) in [6.07, 6.45) is 1.32. The number of fused-ring (bicyclic) bond motifs is 1. The van der Waals surface area contributed by atoms with Gasteiger partial charge in [0, 0.05) is 25.0 Å². The van der Waals surface area contributed by atoms with Crippen molar-refractivity contribution in [1.29, 1.82) is 0 Å². The highest BCUT2D eigenvalue weighted by Crippen LogP contribution is 2.29. The van der Waals surface area contributed by atoms with Crippen molar-refractivity contribution in [3.63, 3.8) is 0 Å². The molecule has 0 radical (unpaired) electrons. The van der Waals surface area contributed by atoms with Gasteiger partial charge in [-0.05, 0) is 30.2 Å². The van der Waals surface area contributed by atoms with Crippen LogP contribution < -0.4 is 10.6 Å². The van der Waals surface area contributed by atoms with E-state index < -0.39 is 0 Å². The zero-order valence-corrected chi connectivity index (χ0v) is 9.40. The second-order valence-corrected chi connectivity index (χ2v) is 3.93. The van der Waals surface area contributed by atoms with E-state index in [-0.39, 0.29) is 5.91 Å². The van der Waals surface area contributed by atoms with E-state index in [0.29, 0.717) is 13.0 Å². The number of rotatable bonds is 3. The van der Waals surface area contributed by atoms with Gasteiger partial charge in [-0.1, -0.05) is 0 Å². The first-order valence-electron chi connectivity index (χ1n) is 5.40. The Labute approximate surface area is 95.0 Å². The molecule has 4 heteroatoms. The Kier molecular flexibility index (Phi) is 3.10. The second kappa shape index (κ2) is 4.53. The number of benzene rings is 1. The van der Waals surface area contributed by atoms with E-state index in [0.717, 1.165) is 29.9 Å². The van der Waals surface area contributed by atoms with Crippen LogP contribution in [0.25, 0.3) is 0 Å². The summed E-state index contributed by atoms with van der Waals surface area (Å²) in [5, 5.41) is 0. The van der Waals surface area contributed by atoms with Gasteiger partial charge in [0.15, 0.2) is 0 Å². The van der Waals surface area contributed by atoms with Crippen molar-refractivity contribution in [3.8, 4) is 0 Å². The second-order valence-electron chi connectivity index (χ2n) is 3.93. The summed E-state index contributed by atoms with van der Waals surface area (Å²) in [6, 6.07) is 5.70. The molecular weight excluding hydrogens is 204 g/mol. The monoisotopic (exact) mass is 220 g/mol. The summed E-state index contributed by atoms with van der Waals surface area (Å²) in [5.74, 6) is 0.116. The van der Waals surface area contributed by atoms with Crippen molar-refractivity contribution in [1.82, 2.24) is 0 Å². The number of methoxy groups -OCH3 is 1. The Bertz CT molecular complexity index is 404. The third-order valence-electron chi connectivity index (χ3n) is 2.82. The van der Waals surface area contributed by atoms with Crippen molar-refractivity contribution in [2.75, 3.05) is 30.9 Å². The Morgan fingerprint density at radius 3 is 3.12 bits per heavy atom. The van der Waals surface area contributed by atoms with Gasteiger partial charge in [-0.3, -0.25) is 4.79 Å². The SMILES string of the molecule is COCCC(=O)N1CCc2cc(N)ccc21. The largest absolute Gasteiger partial charge is 0.399 e. The predicted molar refractivity (Wildman–Crippen MR) is 63.4 cm³/mol. The highest BCUT2D eigenvalue weighted by Gasteiger charge is 2.23. The number of anilines is 2. The Morgan fingerprint density at radius 2 is 2.38 bits per heavy atom. The number of carbonyl (C=O) groups is 1. The molecule has 0 saturated carbocycles. The molecule has 4 nitrogen and oxygen atoms in total. The fourth-order valence-corrected chi connectivity index (χ4v) is 2.01. The van der Waals surface area contributed by atoms with Gasteiger partial charge >= 0.3 is 0 Å². The van der Waals surface area contributed by atoms with Gasteiger partial charge in [0.2, 0.25) is 5.91 Å². The zero-order chi connectivity index (χ0) is 11.5. The molecule has 0 atom stereocenters. The van der Waals surface area contributed by atoms with Crippen LogP contribution in [0.3, 0.4) is 0 Å². The summed E-state index contributed by atoms with van der Waals surface area (Å²) in [6.45, 7) is 1.22. The molecule has 86 valence electrons. The lowest BCUT2D eigenvalue weighted by molar-refractivity contribution is -0.119. The molecule has 0 unspecified atom stereocenters. The van der Waals surface area contributed by atoms with Gasteiger partial charge in [-0.15, -0.1) is 0 Å². The molecule has 1 aromatic carbocycles. The van der Waals surface area contributed by atoms with Crippen LogP contribution in [0.2, 0.25) is 0 Å². The lowest BCUT2D eigenvalue weighted by atomic mass is 10.1. The third-order valence-corrected chi connectivity index (χ3v) is 2.82. The van der Waals surface area contributed by atoms with Gasteiger partial charge in [0.05, 0.1) is 13.0 Å². The average molecular weight is 220 g/mol. The maximum Gasteiger partial charge on any atom is 0.229 e. The molecule has 0 saturated heterocycles.